The van der Waals surface area contributed by atoms with E-state index in [9.17, 15) is 4.79 Å². The smallest absolute Gasteiger partial charge is 0.216 e. The van der Waals surface area contributed by atoms with Crippen LogP contribution in [0.4, 0.5) is 0 Å². The number of hydrogen-bond acceptors (Lipinski definition) is 1. The van der Waals surface area contributed by atoms with E-state index in [2.05, 4.69) is 19.2 Å². The lowest BCUT2D eigenvalue weighted by Gasteiger charge is -1.88. The lowest BCUT2D eigenvalue weighted by molar-refractivity contribution is -0.107. The molecule has 0 saturated heterocycles. The first kappa shape index (κ1) is 13.8. The van der Waals surface area contributed by atoms with E-state index >= 15 is 0 Å². The second-order valence-electron chi connectivity index (χ2n) is 1.66. The Bertz CT molecular complexity index is 190. The molecule has 2 heteroatoms. The Hall–Kier alpha value is -0.760. The van der Waals surface area contributed by atoms with Crippen molar-refractivity contribution in [2.45, 2.75) is 20.8 Å². The average molecular weight is 184 g/mol. The number of allylic oxidation sites excluding steroid dienone is 4. The Morgan fingerprint density at radius 1 is 1.42 bits per heavy atom. The van der Waals surface area contributed by atoms with Crippen molar-refractivity contribution in [3.05, 3.63) is 36.5 Å². The largest absolute Gasteiger partial charge is 0.282 e. The fourth-order valence-electron chi connectivity index (χ4n) is 0.427. The molecule has 0 spiro atoms. The standard InChI is InChI=1S/C8H10OS.C2H6/c1-3-5-6-7(4-2)8(9)10;1-2/h3-6H,2H2,1H3,(H,9,10);1-2H3/b5-3-,7-6+;. The predicted octanol–water partition coefficient (Wildman–Crippen LogP) is 3.16. The topological polar surface area (TPSA) is 17.1 Å². The lowest BCUT2D eigenvalue weighted by atomic mass is 10.2. The molecule has 0 aromatic carbocycles. The Balaban J connectivity index is 0. The van der Waals surface area contributed by atoms with Gasteiger partial charge in [-0.3, -0.25) is 4.79 Å². The zero-order valence-electron chi connectivity index (χ0n) is 7.87. The Kier molecular flexibility index (Phi) is 11.8. The highest BCUT2D eigenvalue weighted by Crippen LogP contribution is 2.00. The van der Waals surface area contributed by atoms with Crippen LogP contribution < -0.4 is 0 Å². The molecule has 12 heavy (non-hydrogen) atoms. The van der Waals surface area contributed by atoms with E-state index in [1.54, 1.807) is 12.2 Å². The third-order valence-corrected chi connectivity index (χ3v) is 1.19. The maximum atomic E-state index is 10.6. The Labute approximate surface area is 80.3 Å². The lowest BCUT2D eigenvalue weighted by Crippen LogP contribution is -1.87. The molecule has 0 aromatic rings. The first-order valence-corrected chi connectivity index (χ1v) is 4.35. The van der Waals surface area contributed by atoms with Gasteiger partial charge in [0.15, 0.2) is 0 Å². The van der Waals surface area contributed by atoms with Crippen LogP contribution in [0, 0.1) is 0 Å². The van der Waals surface area contributed by atoms with Crippen LogP contribution in [-0.2, 0) is 4.79 Å². The van der Waals surface area contributed by atoms with Crippen molar-refractivity contribution in [2.75, 3.05) is 0 Å². The third kappa shape index (κ3) is 7.35. The minimum Gasteiger partial charge on any atom is -0.282 e. The van der Waals surface area contributed by atoms with Crippen molar-refractivity contribution < 1.29 is 4.79 Å². The summed E-state index contributed by atoms with van der Waals surface area (Å²) in [6, 6.07) is 0. The fraction of sp³-hybridized carbons (Fsp3) is 0.300. The number of hydrogen-bond donors (Lipinski definition) is 1. The van der Waals surface area contributed by atoms with Gasteiger partial charge in [0.2, 0.25) is 5.12 Å². The molecule has 0 amide bonds. The van der Waals surface area contributed by atoms with Crippen LogP contribution in [0.3, 0.4) is 0 Å². The molecule has 0 fully saturated rings. The molecule has 0 aromatic heterocycles. The highest BCUT2D eigenvalue weighted by atomic mass is 32.1. The van der Waals surface area contributed by atoms with Crippen molar-refractivity contribution in [3.8, 4) is 0 Å². The SMILES string of the molecule is C=C/C(=C\C=C/C)C(=O)S.CC. The molecule has 0 aliphatic heterocycles. The van der Waals surface area contributed by atoms with Crippen molar-refractivity contribution in [1.82, 2.24) is 0 Å². The van der Waals surface area contributed by atoms with Gasteiger partial charge in [0.1, 0.15) is 0 Å². The molecule has 0 aliphatic rings. The summed E-state index contributed by atoms with van der Waals surface area (Å²) in [4.78, 5) is 10.6. The summed E-state index contributed by atoms with van der Waals surface area (Å²) in [5.41, 5.74) is 0.515. The summed E-state index contributed by atoms with van der Waals surface area (Å²) in [6.45, 7) is 9.34. The maximum absolute atomic E-state index is 10.6. The average Bonchev–Trinajstić information content (AvgIpc) is 2.09. The summed E-state index contributed by atoms with van der Waals surface area (Å²) >= 11 is 3.63. The maximum Gasteiger partial charge on any atom is 0.216 e. The van der Waals surface area contributed by atoms with Crippen LogP contribution in [-0.4, -0.2) is 5.12 Å². The highest BCUT2D eigenvalue weighted by Gasteiger charge is 1.95. The van der Waals surface area contributed by atoms with Crippen LogP contribution in [0.1, 0.15) is 20.8 Å². The van der Waals surface area contributed by atoms with Crippen molar-refractivity contribution in [3.63, 3.8) is 0 Å². The van der Waals surface area contributed by atoms with E-state index in [-0.39, 0.29) is 5.12 Å². The van der Waals surface area contributed by atoms with E-state index in [1.165, 1.54) is 6.08 Å². The van der Waals surface area contributed by atoms with Crippen LogP contribution in [0.2, 0.25) is 0 Å². The van der Waals surface area contributed by atoms with Gasteiger partial charge in [0, 0.05) is 5.57 Å². The van der Waals surface area contributed by atoms with E-state index < -0.39 is 0 Å². The van der Waals surface area contributed by atoms with Crippen LogP contribution in [0.25, 0.3) is 0 Å². The molecule has 68 valence electrons. The molecule has 0 aliphatic carbocycles. The van der Waals surface area contributed by atoms with Crippen LogP contribution >= 0.6 is 12.6 Å². The Morgan fingerprint density at radius 2 is 1.92 bits per heavy atom. The first-order chi connectivity index (χ1) is 5.72. The van der Waals surface area contributed by atoms with E-state index in [4.69, 9.17) is 0 Å². The van der Waals surface area contributed by atoms with Gasteiger partial charge in [-0.25, -0.2) is 0 Å². The molecule has 0 unspecified atom stereocenters. The van der Waals surface area contributed by atoms with E-state index in [0.717, 1.165) is 0 Å². The van der Waals surface area contributed by atoms with Gasteiger partial charge in [-0.1, -0.05) is 44.7 Å². The number of rotatable bonds is 3. The van der Waals surface area contributed by atoms with Gasteiger partial charge < -0.3 is 0 Å². The summed E-state index contributed by atoms with van der Waals surface area (Å²) in [5, 5.41) is -0.256. The molecule has 0 rings (SSSR count). The number of carbonyl (C=O) groups is 1. The zero-order valence-corrected chi connectivity index (χ0v) is 8.77. The zero-order chi connectivity index (χ0) is 9.98. The van der Waals surface area contributed by atoms with Crippen molar-refractivity contribution >= 4 is 17.7 Å². The molecule has 0 atom stereocenters. The molecule has 1 nitrogen and oxygen atoms in total. The summed E-state index contributed by atoms with van der Waals surface area (Å²) in [5.74, 6) is 0. The van der Waals surface area contributed by atoms with E-state index in [1.807, 2.05) is 26.8 Å². The fourth-order valence-corrected chi connectivity index (χ4v) is 0.592. The molecule has 0 saturated carbocycles. The van der Waals surface area contributed by atoms with Gasteiger partial charge >= 0.3 is 0 Å². The van der Waals surface area contributed by atoms with Gasteiger partial charge in [-0.2, -0.15) is 0 Å². The monoisotopic (exact) mass is 184 g/mol. The molecule has 0 radical (unpaired) electrons. The quantitative estimate of drug-likeness (QED) is 0.405. The Morgan fingerprint density at radius 3 is 2.17 bits per heavy atom. The van der Waals surface area contributed by atoms with Crippen LogP contribution in [0.5, 0.6) is 0 Å². The summed E-state index contributed by atoms with van der Waals surface area (Å²) < 4.78 is 0. The number of thiol groups is 1. The molecular weight excluding hydrogens is 168 g/mol. The van der Waals surface area contributed by atoms with Gasteiger partial charge in [0.05, 0.1) is 0 Å². The molecule has 0 N–H and O–H groups in total. The minimum absolute atomic E-state index is 0.256. The summed E-state index contributed by atoms with van der Waals surface area (Å²) in [7, 11) is 0. The second kappa shape index (κ2) is 10.2. The molecule has 0 heterocycles. The highest BCUT2D eigenvalue weighted by molar-refractivity contribution is 7.97. The van der Waals surface area contributed by atoms with Crippen LogP contribution in [0.15, 0.2) is 36.5 Å². The normalized spacial score (nSPS) is 10.5. The van der Waals surface area contributed by atoms with Gasteiger partial charge in [-0.15, -0.1) is 12.6 Å². The first-order valence-electron chi connectivity index (χ1n) is 3.91. The van der Waals surface area contributed by atoms with E-state index in [0.29, 0.717) is 5.57 Å². The minimum atomic E-state index is -0.256. The summed E-state index contributed by atoms with van der Waals surface area (Å²) in [6.07, 6.45) is 6.75. The molecular formula is C10H16OS. The molecule has 0 bridgehead atoms. The second-order valence-corrected chi connectivity index (χ2v) is 2.06. The van der Waals surface area contributed by atoms with Crippen molar-refractivity contribution in [1.29, 1.82) is 0 Å². The van der Waals surface area contributed by atoms with Crippen molar-refractivity contribution in [2.24, 2.45) is 0 Å². The number of carbonyl (C=O) groups excluding carboxylic acids is 1. The third-order valence-electron chi connectivity index (χ3n) is 0.935. The predicted molar refractivity (Wildman–Crippen MR) is 58.4 cm³/mol. The van der Waals surface area contributed by atoms with Gasteiger partial charge in [-0.05, 0) is 6.92 Å². The van der Waals surface area contributed by atoms with Gasteiger partial charge in [0.25, 0.3) is 0 Å².